The van der Waals surface area contributed by atoms with Crippen LogP contribution in [0.25, 0.3) is 0 Å². The van der Waals surface area contributed by atoms with Gasteiger partial charge >= 0.3 is 11.9 Å². The van der Waals surface area contributed by atoms with Gasteiger partial charge in [0.1, 0.15) is 6.04 Å². The Hall–Kier alpha value is -1.89. The van der Waals surface area contributed by atoms with Crippen molar-refractivity contribution < 1.29 is 24.6 Å². The molecule has 0 heterocycles. The molecule has 0 radical (unpaired) electrons. The molecule has 0 aliphatic rings. The number of carbonyl (C=O) groups is 3. The normalized spacial score (nSPS) is 11.5. The van der Waals surface area contributed by atoms with Gasteiger partial charge in [-0.3, -0.25) is 9.59 Å². The number of carboxylic acid groups (broad SMARTS) is 2. The maximum atomic E-state index is 11.3. The lowest BCUT2D eigenvalue weighted by Gasteiger charge is -2.13. The Morgan fingerprint density at radius 2 is 1.94 bits per heavy atom. The molecular formula is C10H16N2O5. The van der Waals surface area contributed by atoms with E-state index in [-0.39, 0.29) is 19.4 Å². The van der Waals surface area contributed by atoms with E-state index in [0.29, 0.717) is 6.54 Å². The van der Waals surface area contributed by atoms with Crippen LogP contribution < -0.4 is 10.6 Å². The van der Waals surface area contributed by atoms with Crippen LogP contribution >= 0.6 is 0 Å². The monoisotopic (exact) mass is 244 g/mol. The summed E-state index contributed by atoms with van der Waals surface area (Å²) in [4.78, 5) is 32.3. The molecule has 0 aliphatic heterocycles. The SMILES string of the molecule is C=CCNCC(=O)NC(CCC(=O)O)C(=O)O. The van der Waals surface area contributed by atoms with Crippen molar-refractivity contribution in [3.63, 3.8) is 0 Å². The van der Waals surface area contributed by atoms with Gasteiger partial charge in [0.25, 0.3) is 0 Å². The summed E-state index contributed by atoms with van der Waals surface area (Å²) in [6.07, 6.45) is 1.11. The van der Waals surface area contributed by atoms with Crippen LogP contribution in [0.2, 0.25) is 0 Å². The third-order valence-corrected chi connectivity index (χ3v) is 1.85. The van der Waals surface area contributed by atoms with Gasteiger partial charge in [-0.25, -0.2) is 4.79 Å². The maximum absolute atomic E-state index is 11.3. The number of hydrogen-bond donors (Lipinski definition) is 4. The summed E-state index contributed by atoms with van der Waals surface area (Å²) in [5.74, 6) is -2.84. The first-order chi connectivity index (χ1) is 7.97. The van der Waals surface area contributed by atoms with E-state index in [2.05, 4.69) is 17.2 Å². The molecule has 4 N–H and O–H groups in total. The second kappa shape index (κ2) is 8.28. The van der Waals surface area contributed by atoms with E-state index < -0.39 is 23.9 Å². The van der Waals surface area contributed by atoms with Crippen molar-refractivity contribution >= 4 is 17.8 Å². The fourth-order valence-electron chi connectivity index (χ4n) is 1.06. The Labute approximate surface area is 98.5 Å². The van der Waals surface area contributed by atoms with Crippen molar-refractivity contribution in [3.05, 3.63) is 12.7 Å². The smallest absolute Gasteiger partial charge is 0.326 e. The molecule has 0 spiro atoms. The fraction of sp³-hybridized carbons (Fsp3) is 0.500. The molecule has 0 aliphatic carbocycles. The third-order valence-electron chi connectivity index (χ3n) is 1.85. The summed E-state index contributed by atoms with van der Waals surface area (Å²) in [6, 6.07) is -1.18. The van der Waals surface area contributed by atoms with Crippen LogP contribution in [0.5, 0.6) is 0 Å². The fourth-order valence-corrected chi connectivity index (χ4v) is 1.06. The molecule has 0 aromatic heterocycles. The lowest BCUT2D eigenvalue weighted by Crippen LogP contribution is -2.44. The molecule has 7 heteroatoms. The van der Waals surface area contributed by atoms with E-state index in [4.69, 9.17) is 10.2 Å². The molecule has 0 saturated heterocycles. The van der Waals surface area contributed by atoms with Crippen LogP contribution in [0, 0.1) is 0 Å². The highest BCUT2D eigenvalue weighted by Gasteiger charge is 2.20. The van der Waals surface area contributed by atoms with Gasteiger partial charge in [-0.05, 0) is 6.42 Å². The van der Waals surface area contributed by atoms with Crippen molar-refractivity contribution in [2.45, 2.75) is 18.9 Å². The van der Waals surface area contributed by atoms with E-state index in [1.54, 1.807) is 6.08 Å². The van der Waals surface area contributed by atoms with Crippen LogP contribution in [0.3, 0.4) is 0 Å². The second-order valence-electron chi connectivity index (χ2n) is 3.31. The minimum Gasteiger partial charge on any atom is -0.481 e. The van der Waals surface area contributed by atoms with Crippen LogP contribution in [0.15, 0.2) is 12.7 Å². The van der Waals surface area contributed by atoms with Crippen molar-refractivity contribution in [2.24, 2.45) is 0 Å². The largest absolute Gasteiger partial charge is 0.481 e. The number of rotatable bonds is 9. The van der Waals surface area contributed by atoms with Gasteiger partial charge in [-0.2, -0.15) is 0 Å². The Morgan fingerprint density at radius 1 is 1.29 bits per heavy atom. The lowest BCUT2D eigenvalue weighted by molar-refractivity contribution is -0.142. The molecule has 96 valence electrons. The highest BCUT2D eigenvalue weighted by Crippen LogP contribution is 1.97. The van der Waals surface area contributed by atoms with Gasteiger partial charge in [0.2, 0.25) is 5.91 Å². The molecule has 0 saturated carbocycles. The lowest BCUT2D eigenvalue weighted by atomic mass is 10.1. The molecule has 0 aromatic rings. The molecule has 17 heavy (non-hydrogen) atoms. The van der Waals surface area contributed by atoms with E-state index in [9.17, 15) is 14.4 Å². The summed E-state index contributed by atoms with van der Waals surface area (Å²) in [5.41, 5.74) is 0. The molecule has 0 aromatic carbocycles. The Kier molecular flexibility index (Phi) is 7.36. The van der Waals surface area contributed by atoms with Crippen LogP contribution in [-0.4, -0.2) is 47.2 Å². The average Bonchev–Trinajstić information content (AvgIpc) is 2.23. The standard InChI is InChI=1S/C10H16N2O5/c1-2-5-11-6-8(13)12-7(10(16)17)3-4-9(14)15/h2,7,11H,1,3-6H2,(H,12,13)(H,14,15)(H,16,17). The van der Waals surface area contributed by atoms with Gasteiger partial charge in [0.05, 0.1) is 6.54 Å². The van der Waals surface area contributed by atoms with Crippen molar-refractivity contribution in [1.29, 1.82) is 0 Å². The summed E-state index contributed by atoms with van der Waals surface area (Å²) in [6.45, 7) is 3.83. The highest BCUT2D eigenvalue weighted by atomic mass is 16.4. The molecule has 1 atom stereocenters. The van der Waals surface area contributed by atoms with E-state index in [1.165, 1.54) is 0 Å². The first-order valence-electron chi connectivity index (χ1n) is 5.03. The van der Waals surface area contributed by atoms with Gasteiger partial charge < -0.3 is 20.8 Å². The first-order valence-corrected chi connectivity index (χ1v) is 5.03. The molecule has 0 fully saturated rings. The average molecular weight is 244 g/mol. The Morgan fingerprint density at radius 3 is 2.41 bits per heavy atom. The zero-order valence-electron chi connectivity index (χ0n) is 9.31. The zero-order chi connectivity index (χ0) is 13.3. The Balaban J connectivity index is 4.06. The quantitative estimate of drug-likeness (QED) is 0.311. The summed E-state index contributed by atoms with van der Waals surface area (Å²) >= 11 is 0. The van der Waals surface area contributed by atoms with Crippen molar-refractivity contribution in [1.82, 2.24) is 10.6 Å². The van der Waals surface area contributed by atoms with Gasteiger partial charge in [0, 0.05) is 13.0 Å². The number of nitrogens with one attached hydrogen (secondary N) is 2. The van der Waals surface area contributed by atoms with Crippen LogP contribution in [0.1, 0.15) is 12.8 Å². The summed E-state index contributed by atoms with van der Waals surface area (Å²) < 4.78 is 0. The molecule has 7 nitrogen and oxygen atoms in total. The predicted molar refractivity (Wildman–Crippen MR) is 59.5 cm³/mol. The first kappa shape index (κ1) is 15.1. The topological polar surface area (TPSA) is 116 Å². The highest BCUT2D eigenvalue weighted by molar-refractivity contribution is 5.85. The second-order valence-corrected chi connectivity index (χ2v) is 3.31. The molecule has 0 rings (SSSR count). The molecule has 1 amide bonds. The molecular weight excluding hydrogens is 228 g/mol. The van der Waals surface area contributed by atoms with E-state index >= 15 is 0 Å². The predicted octanol–water partition coefficient (Wildman–Crippen LogP) is -0.804. The number of carboxylic acids is 2. The Bertz CT molecular complexity index is 303. The summed E-state index contributed by atoms with van der Waals surface area (Å²) in [7, 11) is 0. The van der Waals surface area contributed by atoms with Crippen LogP contribution in [-0.2, 0) is 14.4 Å². The van der Waals surface area contributed by atoms with Gasteiger partial charge in [0.15, 0.2) is 0 Å². The molecule has 1 unspecified atom stereocenters. The van der Waals surface area contributed by atoms with Gasteiger partial charge in [-0.15, -0.1) is 6.58 Å². The number of hydrogen-bond acceptors (Lipinski definition) is 4. The summed E-state index contributed by atoms with van der Waals surface area (Å²) in [5, 5.41) is 22.1. The minimum absolute atomic E-state index is 0.0388. The maximum Gasteiger partial charge on any atom is 0.326 e. The number of amides is 1. The third kappa shape index (κ3) is 7.97. The van der Waals surface area contributed by atoms with E-state index in [0.717, 1.165) is 0 Å². The van der Waals surface area contributed by atoms with Gasteiger partial charge in [-0.1, -0.05) is 6.08 Å². The van der Waals surface area contributed by atoms with Crippen molar-refractivity contribution in [3.8, 4) is 0 Å². The minimum atomic E-state index is -1.25. The zero-order valence-corrected chi connectivity index (χ0v) is 9.31. The van der Waals surface area contributed by atoms with E-state index in [1.807, 2.05) is 0 Å². The van der Waals surface area contributed by atoms with Crippen molar-refractivity contribution in [2.75, 3.05) is 13.1 Å². The van der Waals surface area contributed by atoms with Crippen LogP contribution in [0.4, 0.5) is 0 Å². The number of carbonyl (C=O) groups excluding carboxylic acids is 1. The number of aliphatic carboxylic acids is 2. The molecule has 0 bridgehead atoms.